The van der Waals surface area contributed by atoms with Gasteiger partial charge in [-0.3, -0.25) is 0 Å². The summed E-state index contributed by atoms with van der Waals surface area (Å²) in [5.74, 6) is -0.0967. The Morgan fingerprint density at radius 1 is 1.47 bits per heavy atom. The highest BCUT2D eigenvalue weighted by molar-refractivity contribution is 5.49. The van der Waals surface area contributed by atoms with E-state index in [1.807, 2.05) is 0 Å². The zero-order chi connectivity index (χ0) is 12.1. The number of nitrogens with zero attached hydrogens (tertiary/aromatic N) is 3. The predicted octanol–water partition coefficient (Wildman–Crippen LogP) is 1.33. The Morgan fingerprint density at radius 3 is 3.06 bits per heavy atom. The van der Waals surface area contributed by atoms with Crippen molar-refractivity contribution in [1.82, 2.24) is 15.1 Å². The van der Waals surface area contributed by atoms with E-state index in [4.69, 9.17) is 9.26 Å². The molecule has 0 aliphatic rings. The fourth-order valence-corrected chi connectivity index (χ4v) is 1.17. The van der Waals surface area contributed by atoms with E-state index in [9.17, 15) is 4.39 Å². The summed E-state index contributed by atoms with van der Waals surface area (Å²) in [6, 6.07) is 3.05. The van der Waals surface area contributed by atoms with Crippen molar-refractivity contribution in [3.8, 4) is 11.5 Å². The Balaban J connectivity index is 2.04. The lowest BCUT2D eigenvalue weighted by molar-refractivity contribution is 0.210. The number of pyridine rings is 1. The zero-order valence-electron chi connectivity index (χ0n) is 9.18. The first-order chi connectivity index (χ1) is 8.29. The van der Waals surface area contributed by atoms with Crippen LogP contribution in [0.4, 0.5) is 10.4 Å². The van der Waals surface area contributed by atoms with E-state index in [2.05, 4.69) is 20.4 Å². The average molecular weight is 238 g/mol. The number of methoxy groups -OCH3 is 1. The molecule has 0 spiro atoms. The van der Waals surface area contributed by atoms with Crippen LogP contribution in [0.25, 0.3) is 11.5 Å². The Labute approximate surface area is 96.8 Å². The van der Waals surface area contributed by atoms with Crippen LogP contribution in [-0.4, -0.2) is 35.4 Å². The Bertz CT molecular complexity index is 471. The van der Waals surface area contributed by atoms with E-state index in [0.29, 0.717) is 24.7 Å². The summed E-state index contributed by atoms with van der Waals surface area (Å²) >= 11 is 0. The summed E-state index contributed by atoms with van der Waals surface area (Å²) in [6.07, 6.45) is 1.10. The van der Waals surface area contributed by atoms with Crippen molar-refractivity contribution in [3.63, 3.8) is 0 Å². The second-order valence-electron chi connectivity index (χ2n) is 3.20. The van der Waals surface area contributed by atoms with Gasteiger partial charge in [0.25, 0.3) is 0 Å². The standard InChI is InChI=1S/C10H11FN4O2/c1-16-5-4-12-10-14-9(15-17-10)8-3-2-7(11)6-13-8/h2-3,6H,4-5H2,1H3,(H,12,14,15). The highest BCUT2D eigenvalue weighted by Gasteiger charge is 2.09. The molecule has 0 radical (unpaired) electrons. The highest BCUT2D eigenvalue weighted by atomic mass is 19.1. The van der Waals surface area contributed by atoms with Crippen molar-refractivity contribution in [2.24, 2.45) is 0 Å². The molecule has 0 aliphatic heterocycles. The summed E-state index contributed by atoms with van der Waals surface area (Å²) in [5.41, 5.74) is 0.454. The van der Waals surface area contributed by atoms with Gasteiger partial charge in [0.15, 0.2) is 0 Å². The molecule has 2 rings (SSSR count). The van der Waals surface area contributed by atoms with Crippen molar-refractivity contribution in [3.05, 3.63) is 24.1 Å². The van der Waals surface area contributed by atoms with Crippen LogP contribution >= 0.6 is 0 Å². The predicted molar refractivity (Wildman–Crippen MR) is 57.9 cm³/mol. The molecule has 0 saturated heterocycles. The molecule has 0 saturated carbocycles. The monoisotopic (exact) mass is 238 g/mol. The maximum Gasteiger partial charge on any atom is 0.321 e. The molecule has 2 aromatic heterocycles. The van der Waals surface area contributed by atoms with Gasteiger partial charge in [0.2, 0.25) is 5.82 Å². The first kappa shape index (κ1) is 11.5. The van der Waals surface area contributed by atoms with Crippen LogP contribution < -0.4 is 5.32 Å². The molecule has 2 aromatic rings. The van der Waals surface area contributed by atoms with Gasteiger partial charge < -0.3 is 14.6 Å². The molecule has 0 unspecified atom stereocenters. The summed E-state index contributed by atoms with van der Waals surface area (Å²) < 4.78 is 22.5. The molecule has 0 aliphatic carbocycles. The average Bonchev–Trinajstić information content (AvgIpc) is 2.79. The molecule has 6 nitrogen and oxygen atoms in total. The normalized spacial score (nSPS) is 10.5. The molecular weight excluding hydrogens is 227 g/mol. The number of rotatable bonds is 5. The number of hydrogen-bond donors (Lipinski definition) is 1. The van der Waals surface area contributed by atoms with Gasteiger partial charge in [-0.1, -0.05) is 5.16 Å². The largest absolute Gasteiger partial charge is 0.383 e. The molecule has 17 heavy (non-hydrogen) atoms. The van der Waals surface area contributed by atoms with Crippen LogP contribution in [0.1, 0.15) is 0 Å². The van der Waals surface area contributed by atoms with Crippen LogP contribution in [0.15, 0.2) is 22.9 Å². The summed E-state index contributed by atoms with van der Waals surface area (Å²) in [7, 11) is 1.60. The van der Waals surface area contributed by atoms with Gasteiger partial charge in [-0.2, -0.15) is 4.98 Å². The quantitative estimate of drug-likeness (QED) is 0.792. The number of nitrogens with one attached hydrogen (secondary N) is 1. The lowest BCUT2D eigenvalue weighted by atomic mass is 10.3. The highest BCUT2D eigenvalue weighted by Crippen LogP contribution is 2.14. The molecule has 0 fully saturated rings. The first-order valence-corrected chi connectivity index (χ1v) is 4.98. The van der Waals surface area contributed by atoms with Gasteiger partial charge in [0, 0.05) is 13.7 Å². The number of hydrogen-bond acceptors (Lipinski definition) is 6. The van der Waals surface area contributed by atoms with E-state index < -0.39 is 5.82 Å². The van der Waals surface area contributed by atoms with Gasteiger partial charge in [-0.15, -0.1) is 0 Å². The maximum absolute atomic E-state index is 12.7. The van der Waals surface area contributed by atoms with Crippen molar-refractivity contribution >= 4 is 6.01 Å². The molecule has 0 atom stereocenters. The third kappa shape index (κ3) is 2.97. The number of ether oxygens (including phenoxy) is 1. The smallest absolute Gasteiger partial charge is 0.321 e. The third-order valence-electron chi connectivity index (χ3n) is 1.96. The molecular formula is C10H11FN4O2. The van der Waals surface area contributed by atoms with Crippen LogP contribution in [-0.2, 0) is 4.74 Å². The van der Waals surface area contributed by atoms with Gasteiger partial charge in [-0.25, -0.2) is 9.37 Å². The first-order valence-electron chi connectivity index (χ1n) is 4.98. The summed E-state index contributed by atoms with van der Waals surface area (Å²) in [6.45, 7) is 1.10. The maximum atomic E-state index is 12.7. The summed E-state index contributed by atoms with van der Waals surface area (Å²) in [5, 5.41) is 6.60. The van der Waals surface area contributed by atoms with E-state index in [-0.39, 0.29) is 6.01 Å². The van der Waals surface area contributed by atoms with Crippen molar-refractivity contribution in [2.45, 2.75) is 0 Å². The lowest BCUT2D eigenvalue weighted by Gasteiger charge is -1.97. The topological polar surface area (TPSA) is 73.1 Å². The lowest BCUT2D eigenvalue weighted by Crippen LogP contribution is -2.07. The third-order valence-corrected chi connectivity index (χ3v) is 1.96. The van der Waals surface area contributed by atoms with Crippen molar-refractivity contribution in [2.75, 3.05) is 25.6 Å². The number of aromatic nitrogens is 3. The minimum Gasteiger partial charge on any atom is -0.383 e. The Hall–Kier alpha value is -2.02. The van der Waals surface area contributed by atoms with Crippen LogP contribution in [0.2, 0.25) is 0 Å². The van der Waals surface area contributed by atoms with Gasteiger partial charge in [0.05, 0.1) is 12.8 Å². The molecule has 90 valence electrons. The second kappa shape index (κ2) is 5.35. The van der Waals surface area contributed by atoms with E-state index in [0.717, 1.165) is 6.20 Å². The number of anilines is 1. The fraction of sp³-hybridized carbons (Fsp3) is 0.300. The zero-order valence-corrected chi connectivity index (χ0v) is 9.18. The van der Waals surface area contributed by atoms with E-state index >= 15 is 0 Å². The summed E-state index contributed by atoms with van der Waals surface area (Å²) in [4.78, 5) is 7.90. The van der Waals surface area contributed by atoms with Gasteiger partial charge >= 0.3 is 6.01 Å². The van der Waals surface area contributed by atoms with Gasteiger partial charge in [-0.05, 0) is 12.1 Å². The SMILES string of the molecule is COCCNc1nc(-c2ccc(F)cn2)no1. The molecule has 1 N–H and O–H groups in total. The van der Waals surface area contributed by atoms with E-state index in [1.165, 1.54) is 12.1 Å². The van der Waals surface area contributed by atoms with Crippen molar-refractivity contribution in [1.29, 1.82) is 0 Å². The molecule has 2 heterocycles. The fourth-order valence-electron chi connectivity index (χ4n) is 1.17. The second-order valence-corrected chi connectivity index (χ2v) is 3.20. The van der Waals surface area contributed by atoms with Crippen LogP contribution in [0.5, 0.6) is 0 Å². The Kier molecular flexibility index (Phi) is 3.61. The van der Waals surface area contributed by atoms with Crippen molar-refractivity contribution < 1.29 is 13.7 Å². The molecule has 0 aromatic carbocycles. The van der Waals surface area contributed by atoms with E-state index in [1.54, 1.807) is 7.11 Å². The minimum atomic E-state index is -0.407. The van der Waals surface area contributed by atoms with Gasteiger partial charge in [0.1, 0.15) is 11.5 Å². The molecule has 0 bridgehead atoms. The van der Waals surface area contributed by atoms with Crippen LogP contribution in [0.3, 0.4) is 0 Å². The minimum absolute atomic E-state index is 0.281. The number of halogens is 1. The molecule has 7 heteroatoms. The van der Waals surface area contributed by atoms with Crippen LogP contribution in [0, 0.1) is 5.82 Å². The Morgan fingerprint density at radius 2 is 2.35 bits per heavy atom. The molecule has 0 amide bonds.